The molecule has 4 rings (SSSR count). The molecule has 1 aromatic carbocycles. The van der Waals surface area contributed by atoms with Crippen LogP contribution in [-0.2, 0) is 6.42 Å². The molecule has 8 heteroatoms. The van der Waals surface area contributed by atoms with Gasteiger partial charge in [0.2, 0.25) is 0 Å². The molecule has 0 bridgehead atoms. The molecule has 3 aromatic rings. The number of halogens is 1. The Kier molecular flexibility index (Phi) is 4.86. The Bertz CT molecular complexity index is 1060. The van der Waals surface area contributed by atoms with E-state index in [1.807, 2.05) is 11.5 Å². The summed E-state index contributed by atoms with van der Waals surface area (Å²) in [5.41, 5.74) is 1.26. The molecule has 0 amide bonds. The van der Waals surface area contributed by atoms with Crippen molar-refractivity contribution in [3.05, 3.63) is 59.3 Å². The number of ketones is 1. The molecule has 150 valence electrons. The smallest absolute Gasteiger partial charge is 0.170 e. The van der Waals surface area contributed by atoms with Crippen LogP contribution in [0.5, 0.6) is 0 Å². The summed E-state index contributed by atoms with van der Waals surface area (Å²) in [7, 11) is 0. The molecular formula is C21H23FN6O. The lowest BCUT2D eigenvalue weighted by molar-refractivity contribution is 0.0990. The van der Waals surface area contributed by atoms with Crippen molar-refractivity contribution in [3.63, 3.8) is 0 Å². The third kappa shape index (κ3) is 3.28. The van der Waals surface area contributed by atoms with Gasteiger partial charge in [-0.05, 0) is 51.5 Å². The summed E-state index contributed by atoms with van der Waals surface area (Å²) < 4.78 is 15.1. The van der Waals surface area contributed by atoms with Gasteiger partial charge >= 0.3 is 0 Å². The number of aromatic nitrogens is 5. The maximum atomic E-state index is 13.1. The minimum Gasteiger partial charge on any atom is -0.342 e. The van der Waals surface area contributed by atoms with Gasteiger partial charge in [0.1, 0.15) is 23.2 Å². The van der Waals surface area contributed by atoms with E-state index in [1.165, 1.54) is 24.3 Å². The molecule has 2 aromatic heterocycles. The molecule has 0 spiro atoms. The second-order valence-electron chi connectivity index (χ2n) is 7.47. The van der Waals surface area contributed by atoms with Gasteiger partial charge in [-0.1, -0.05) is 6.92 Å². The number of aryl methyl sites for hydroxylation is 1. The molecule has 0 saturated carbocycles. The van der Waals surface area contributed by atoms with Crippen LogP contribution in [0.1, 0.15) is 61.1 Å². The molecule has 3 heterocycles. The van der Waals surface area contributed by atoms with E-state index in [2.05, 4.69) is 40.9 Å². The summed E-state index contributed by atoms with van der Waals surface area (Å²) in [6, 6.07) is 5.75. The van der Waals surface area contributed by atoms with E-state index in [1.54, 1.807) is 6.20 Å². The molecule has 1 atom stereocenters. The molecule has 0 N–H and O–H groups in total. The summed E-state index contributed by atoms with van der Waals surface area (Å²) in [5, 5.41) is 8.64. The lowest BCUT2D eigenvalue weighted by Gasteiger charge is -2.39. The molecule has 29 heavy (non-hydrogen) atoms. The van der Waals surface area contributed by atoms with Crippen LogP contribution in [0.3, 0.4) is 0 Å². The van der Waals surface area contributed by atoms with Crippen molar-refractivity contribution in [1.82, 2.24) is 24.7 Å². The number of hydrogen-bond acceptors (Lipinski definition) is 6. The molecule has 1 aliphatic heterocycles. The highest BCUT2D eigenvalue weighted by Crippen LogP contribution is 2.39. The summed E-state index contributed by atoms with van der Waals surface area (Å²) in [5.74, 6) is 2.36. The first-order valence-electron chi connectivity index (χ1n) is 9.76. The van der Waals surface area contributed by atoms with E-state index in [4.69, 9.17) is 4.98 Å². The van der Waals surface area contributed by atoms with Gasteiger partial charge < -0.3 is 4.90 Å². The fraction of sp³-hybridized carbons (Fsp3) is 0.381. The average molecular weight is 394 g/mol. The van der Waals surface area contributed by atoms with Crippen LogP contribution in [0, 0.1) is 12.7 Å². The monoisotopic (exact) mass is 394 g/mol. The number of carbonyl (C=O) groups excluding carboxylic acids is 1. The van der Waals surface area contributed by atoms with E-state index < -0.39 is 0 Å². The van der Waals surface area contributed by atoms with Crippen molar-refractivity contribution in [2.45, 2.75) is 52.6 Å². The zero-order valence-electron chi connectivity index (χ0n) is 16.9. The summed E-state index contributed by atoms with van der Waals surface area (Å²) in [4.78, 5) is 24.0. The van der Waals surface area contributed by atoms with Crippen LogP contribution < -0.4 is 4.90 Å². The van der Waals surface area contributed by atoms with Crippen LogP contribution in [-0.4, -0.2) is 36.6 Å². The van der Waals surface area contributed by atoms with E-state index >= 15 is 0 Å². The highest BCUT2D eigenvalue weighted by molar-refractivity contribution is 5.97. The number of nitrogens with zero attached hydrogens (tertiary/aromatic N) is 6. The maximum absolute atomic E-state index is 13.1. The van der Waals surface area contributed by atoms with Gasteiger partial charge in [0.05, 0.1) is 18.7 Å². The highest BCUT2D eigenvalue weighted by Gasteiger charge is 2.36. The Morgan fingerprint density at radius 2 is 1.93 bits per heavy atom. The predicted octanol–water partition coefficient (Wildman–Crippen LogP) is 3.61. The number of fused-ring (bicyclic) bond motifs is 3. The Labute approximate surface area is 168 Å². The van der Waals surface area contributed by atoms with Gasteiger partial charge in [0.15, 0.2) is 17.4 Å². The fourth-order valence-corrected chi connectivity index (χ4v) is 3.86. The molecule has 0 radical (unpaired) electrons. The second kappa shape index (κ2) is 7.35. The topological polar surface area (TPSA) is 76.8 Å². The minimum absolute atomic E-state index is 0.0410. The second-order valence-corrected chi connectivity index (χ2v) is 7.47. The Morgan fingerprint density at radius 1 is 1.21 bits per heavy atom. The van der Waals surface area contributed by atoms with Crippen LogP contribution in [0.4, 0.5) is 10.2 Å². The van der Waals surface area contributed by atoms with Gasteiger partial charge in [-0.3, -0.25) is 9.36 Å². The molecule has 1 unspecified atom stereocenters. The van der Waals surface area contributed by atoms with E-state index in [-0.39, 0.29) is 30.1 Å². The first-order chi connectivity index (χ1) is 13.9. The molecule has 0 aliphatic carbocycles. The minimum atomic E-state index is -0.370. The van der Waals surface area contributed by atoms with Crippen molar-refractivity contribution in [1.29, 1.82) is 0 Å². The number of carbonyl (C=O) groups is 1. The van der Waals surface area contributed by atoms with Crippen molar-refractivity contribution >= 4 is 11.6 Å². The number of hydrogen-bond donors (Lipinski definition) is 0. The van der Waals surface area contributed by atoms with E-state index in [9.17, 15) is 9.18 Å². The van der Waals surface area contributed by atoms with Gasteiger partial charge in [-0.2, -0.15) is 0 Å². The molecular weight excluding hydrogens is 371 g/mol. The van der Waals surface area contributed by atoms with Gasteiger partial charge in [-0.25, -0.2) is 14.4 Å². The molecule has 7 nitrogen and oxygen atoms in total. The largest absolute Gasteiger partial charge is 0.342 e. The van der Waals surface area contributed by atoms with E-state index in [0.717, 1.165) is 29.6 Å². The molecule has 1 aliphatic rings. The normalized spacial score (nSPS) is 15.4. The van der Waals surface area contributed by atoms with Gasteiger partial charge in [-0.15, -0.1) is 10.2 Å². The zero-order chi connectivity index (χ0) is 20.7. The van der Waals surface area contributed by atoms with Crippen LogP contribution in [0.15, 0.2) is 30.5 Å². The van der Waals surface area contributed by atoms with Crippen molar-refractivity contribution in [2.75, 3.05) is 4.90 Å². The number of anilines is 1. The highest BCUT2D eigenvalue weighted by atomic mass is 19.1. The lowest BCUT2D eigenvalue weighted by atomic mass is 10.1. The number of Topliss-reactive ketones (excluding diaryl/α,β-unsaturated/α-hetero) is 1. The summed E-state index contributed by atoms with van der Waals surface area (Å²) >= 11 is 0. The van der Waals surface area contributed by atoms with Gasteiger partial charge in [0.25, 0.3) is 0 Å². The summed E-state index contributed by atoms with van der Waals surface area (Å²) in [6.45, 7) is 8.23. The Hall–Kier alpha value is -3.16. The first kappa shape index (κ1) is 19.2. The average Bonchev–Trinajstić information content (AvgIpc) is 3.08. The standard InChI is InChI=1S/C21H23FN6O/c1-5-16-21-26-25-13(4)28(21)17-11-23-19(24-20(17)27(16)12(2)3)10-18(29)14-6-8-15(22)9-7-14/h6-9,11-12,16H,5,10H2,1-4H3. The fourth-order valence-electron chi connectivity index (χ4n) is 3.86. The number of rotatable bonds is 5. The maximum Gasteiger partial charge on any atom is 0.170 e. The summed E-state index contributed by atoms with van der Waals surface area (Å²) in [6.07, 6.45) is 2.63. The quantitative estimate of drug-likeness (QED) is 0.615. The third-order valence-electron chi connectivity index (χ3n) is 5.20. The Balaban J connectivity index is 1.75. The van der Waals surface area contributed by atoms with Crippen LogP contribution >= 0.6 is 0 Å². The van der Waals surface area contributed by atoms with Crippen molar-refractivity contribution in [3.8, 4) is 5.69 Å². The zero-order valence-corrected chi connectivity index (χ0v) is 16.9. The van der Waals surface area contributed by atoms with Crippen molar-refractivity contribution < 1.29 is 9.18 Å². The predicted molar refractivity (Wildman–Crippen MR) is 107 cm³/mol. The SMILES string of the molecule is CCC1c2nnc(C)n2-c2cnc(CC(=O)c3ccc(F)cc3)nc2N1C(C)C. The number of benzene rings is 1. The Morgan fingerprint density at radius 3 is 2.59 bits per heavy atom. The lowest BCUT2D eigenvalue weighted by Crippen LogP contribution is -2.40. The van der Waals surface area contributed by atoms with Crippen LogP contribution in [0.25, 0.3) is 5.69 Å². The van der Waals surface area contributed by atoms with Crippen LogP contribution in [0.2, 0.25) is 0 Å². The van der Waals surface area contributed by atoms with Gasteiger partial charge in [0, 0.05) is 11.6 Å². The molecule has 0 fully saturated rings. The third-order valence-corrected chi connectivity index (χ3v) is 5.20. The van der Waals surface area contributed by atoms with E-state index in [0.29, 0.717) is 11.4 Å². The molecule has 0 saturated heterocycles. The first-order valence-corrected chi connectivity index (χ1v) is 9.76. The van der Waals surface area contributed by atoms with Crippen molar-refractivity contribution in [2.24, 2.45) is 0 Å².